The summed E-state index contributed by atoms with van der Waals surface area (Å²) < 4.78 is 11.0. The third-order valence-electron chi connectivity index (χ3n) is 4.18. The van der Waals surface area contributed by atoms with Gasteiger partial charge in [0.2, 0.25) is 5.89 Å². The van der Waals surface area contributed by atoms with Gasteiger partial charge in [-0.2, -0.15) is 0 Å². The second kappa shape index (κ2) is 6.92. The van der Waals surface area contributed by atoms with Crippen LogP contribution in [-0.4, -0.2) is 21.3 Å². The van der Waals surface area contributed by atoms with E-state index in [1.54, 1.807) is 13.0 Å². The van der Waals surface area contributed by atoms with Crippen LogP contribution in [0.2, 0.25) is 0 Å². The van der Waals surface area contributed by atoms with Crippen molar-refractivity contribution in [2.24, 2.45) is 0 Å². The Labute approximate surface area is 155 Å². The number of fused-ring (bicyclic) bond motifs is 1. The van der Waals surface area contributed by atoms with Crippen molar-refractivity contribution in [2.75, 3.05) is 0 Å². The number of carbonyl (C=O) groups excluding carboxylic acids is 1. The number of hydrogen-bond acceptors (Lipinski definition) is 6. The first-order chi connectivity index (χ1) is 13.1. The maximum absolute atomic E-state index is 12.5. The van der Waals surface area contributed by atoms with E-state index in [-0.39, 0.29) is 17.2 Å². The van der Waals surface area contributed by atoms with Crippen LogP contribution in [-0.2, 0) is 4.74 Å². The van der Waals surface area contributed by atoms with E-state index >= 15 is 0 Å². The molecule has 0 bridgehead atoms. The second-order valence-corrected chi connectivity index (χ2v) is 6.08. The van der Waals surface area contributed by atoms with Crippen LogP contribution in [0.15, 0.2) is 71.1 Å². The van der Waals surface area contributed by atoms with Crippen LogP contribution in [0.4, 0.5) is 0 Å². The van der Waals surface area contributed by atoms with Crippen LogP contribution >= 0.6 is 0 Å². The van der Waals surface area contributed by atoms with Crippen LogP contribution in [0, 0.1) is 0 Å². The Morgan fingerprint density at radius 3 is 2.41 bits per heavy atom. The highest BCUT2D eigenvalue weighted by Gasteiger charge is 2.22. The van der Waals surface area contributed by atoms with Crippen molar-refractivity contribution < 1.29 is 19.1 Å². The van der Waals surface area contributed by atoms with E-state index in [9.17, 15) is 9.90 Å². The molecule has 0 aliphatic carbocycles. The lowest BCUT2D eigenvalue weighted by Crippen LogP contribution is -2.10. The predicted octanol–water partition coefficient (Wildman–Crippen LogP) is 4.51. The Kier molecular flexibility index (Phi) is 4.30. The first-order valence-corrected chi connectivity index (χ1v) is 8.43. The normalized spacial score (nSPS) is 12.0. The predicted molar refractivity (Wildman–Crippen MR) is 99.2 cm³/mol. The van der Waals surface area contributed by atoms with Crippen molar-refractivity contribution in [2.45, 2.75) is 13.0 Å². The number of phenols is 1. The maximum Gasteiger partial charge on any atom is 0.342 e. The van der Waals surface area contributed by atoms with Gasteiger partial charge < -0.3 is 14.3 Å². The molecular weight excluding hydrogens is 344 g/mol. The molecule has 1 aromatic heterocycles. The van der Waals surface area contributed by atoms with E-state index < -0.39 is 12.1 Å². The van der Waals surface area contributed by atoms with Crippen LogP contribution in [0.3, 0.4) is 0 Å². The monoisotopic (exact) mass is 360 g/mol. The summed E-state index contributed by atoms with van der Waals surface area (Å²) in [6.45, 7) is 1.64. The molecule has 0 spiro atoms. The van der Waals surface area contributed by atoms with Gasteiger partial charge in [0.1, 0.15) is 11.3 Å². The van der Waals surface area contributed by atoms with Crippen molar-refractivity contribution in [3.8, 4) is 17.2 Å². The summed E-state index contributed by atoms with van der Waals surface area (Å²) in [7, 11) is 0. The molecule has 0 radical (unpaired) electrons. The fraction of sp³-hybridized carbons (Fsp3) is 0.0952. The number of aromatic hydroxyl groups is 1. The maximum atomic E-state index is 12.5. The minimum Gasteiger partial charge on any atom is -0.507 e. The molecule has 4 rings (SSSR count). The molecular formula is C21H16N2O4. The summed E-state index contributed by atoms with van der Waals surface area (Å²) in [4.78, 5) is 12.5. The highest BCUT2D eigenvalue weighted by atomic mass is 16.6. The number of aromatic nitrogens is 2. The van der Waals surface area contributed by atoms with Gasteiger partial charge in [0, 0.05) is 5.56 Å². The Morgan fingerprint density at radius 1 is 1.00 bits per heavy atom. The van der Waals surface area contributed by atoms with Gasteiger partial charge >= 0.3 is 5.97 Å². The lowest BCUT2D eigenvalue weighted by atomic mass is 10.1. The first kappa shape index (κ1) is 16.8. The molecule has 0 amide bonds. The van der Waals surface area contributed by atoms with Gasteiger partial charge in [-0.05, 0) is 42.0 Å². The average molecular weight is 360 g/mol. The molecule has 27 heavy (non-hydrogen) atoms. The van der Waals surface area contributed by atoms with E-state index in [0.29, 0.717) is 5.89 Å². The molecule has 0 aliphatic heterocycles. The van der Waals surface area contributed by atoms with E-state index in [4.69, 9.17) is 9.15 Å². The Hall–Kier alpha value is -3.67. The second-order valence-electron chi connectivity index (χ2n) is 6.08. The SMILES string of the molecule is C[C@@H](OC(=O)c1cc2ccccc2cc1O)c1nnc(-c2ccccc2)o1. The van der Waals surface area contributed by atoms with Crippen LogP contribution in [0.5, 0.6) is 5.75 Å². The fourth-order valence-corrected chi connectivity index (χ4v) is 2.76. The van der Waals surface area contributed by atoms with E-state index in [1.165, 1.54) is 6.07 Å². The van der Waals surface area contributed by atoms with E-state index in [0.717, 1.165) is 16.3 Å². The summed E-state index contributed by atoms with van der Waals surface area (Å²) in [5.41, 5.74) is 0.866. The number of nitrogens with zero attached hydrogens (tertiary/aromatic N) is 2. The zero-order valence-corrected chi connectivity index (χ0v) is 14.5. The van der Waals surface area contributed by atoms with Crippen LogP contribution in [0.25, 0.3) is 22.2 Å². The van der Waals surface area contributed by atoms with Gasteiger partial charge in [-0.3, -0.25) is 0 Å². The van der Waals surface area contributed by atoms with Crippen molar-refractivity contribution in [3.05, 3.63) is 78.2 Å². The van der Waals surface area contributed by atoms with Crippen molar-refractivity contribution in [1.82, 2.24) is 10.2 Å². The molecule has 4 aromatic rings. The molecule has 0 unspecified atom stereocenters. The number of phenolic OH excluding ortho intramolecular Hbond substituents is 1. The van der Waals surface area contributed by atoms with Crippen molar-refractivity contribution >= 4 is 16.7 Å². The molecule has 6 nitrogen and oxygen atoms in total. The number of esters is 1. The summed E-state index contributed by atoms with van der Waals surface area (Å²) in [6, 6.07) is 19.9. The summed E-state index contributed by atoms with van der Waals surface area (Å²) in [5.74, 6) is -0.267. The lowest BCUT2D eigenvalue weighted by Gasteiger charge is -2.11. The van der Waals surface area contributed by atoms with Gasteiger partial charge in [-0.1, -0.05) is 42.5 Å². The third-order valence-corrected chi connectivity index (χ3v) is 4.18. The molecule has 0 aliphatic rings. The molecule has 1 N–H and O–H groups in total. The molecule has 0 saturated carbocycles. The van der Waals surface area contributed by atoms with E-state index in [1.807, 2.05) is 54.6 Å². The van der Waals surface area contributed by atoms with Crippen LogP contribution in [0.1, 0.15) is 29.3 Å². The summed E-state index contributed by atoms with van der Waals surface area (Å²) in [6.07, 6.45) is -0.756. The van der Waals surface area contributed by atoms with Gasteiger partial charge in [-0.25, -0.2) is 4.79 Å². The highest BCUT2D eigenvalue weighted by molar-refractivity contribution is 5.98. The van der Waals surface area contributed by atoms with Crippen molar-refractivity contribution in [1.29, 1.82) is 0 Å². The zero-order chi connectivity index (χ0) is 18.8. The number of ether oxygens (including phenoxy) is 1. The molecule has 1 heterocycles. The number of carbonyl (C=O) groups is 1. The standard InChI is InChI=1S/C21H16N2O4/c1-13(19-22-23-20(27-19)14-7-3-2-4-8-14)26-21(25)17-11-15-9-5-6-10-16(15)12-18(17)24/h2-13,24H,1H3/t13-/m1/s1. The summed E-state index contributed by atoms with van der Waals surface area (Å²) >= 11 is 0. The zero-order valence-electron chi connectivity index (χ0n) is 14.5. The van der Waals surface area contributed by atoms with Gasteiger partial charge in [0.05, 0.1) is 0 Å². The van der Waals surface area contributed by atoms with Gasteiger partial charge in [0.25, 0.3) is 5.89 Å². The number of benzene rings is 3. The Bertz CT molecular complexity index is 1110. The molecule has 0 saturated heterocycles. The fourth-order valence-electron chi connectivity index (χ4n) is 2.76. The number of hydrogen-bond donors (Lipinski definition) is 1. The van der Waals surface area contributed by atoms with Crippen LogP contribution < -0.4 is 0 Å². The Balaban J connectivity index is 1.55. The van der Waals surface area contributed by atoms with Gasteiger partial charge in [-0.15, -0.1) is 10.2 Å². The lowest BCUT2D eigenvalue weighted by molar-refractivity contribution is 0.0277. The molecule has 1 atom stereocenters. The van der Waals surface area contributed by atoms with E-state index in [2.05, 4.69) is 10.2 Å². The molecule has 3 aromatic carbocycles. The van der Waals surface area contributed by atoms with Gasteiger partial charge in [0.15, 0.2) is 6.10 Å². The summed E-state index contributed by atoms with van der Waals surface area (Å²) in [5, 5.41) is 19.8. The third kappa shape index (κ3) is 3.37. The smallest absolute Gasteiger partial charge is 0.342 e. The quantitative estimate of drug-likeness (QED) is 0.539. The number of rotatable bonds is 4. The molecule has 6 heteroatoms. The Morgan fingerprint density at radius 2 is 1.67 bits per heavy atom. The average Bonchev–Trinajstić information content (AvgIpc) is 3.18. The largest absolute Gasteiger partial charge is 0.507 e. The topological polar surface area (TPSA) is 85.5 Å². The molecule has 0 fully saturated rings. The minimum absolute atomic E-state index is 0.0864. The van der Waals surface area contributed by atoms with Crippen molar-refractivity contribution in [3.63, 3.8) is 0 Å². The highest BCUT2D eigenvalue weighted by Crippen LogP contribution is 2.28. The first-order valence-electron chi connectivity index (χ1n) is 8.43. The minimum atomic E-state index is -0.756. The molecule has 134 valence electrons.